The van der Waals surface area contributed by atoms with E-state index < -0.39 is 0 Å². The van der Waals surface area contributed by atoms with Crippen LogP contribution in [0.5, 0.6) is 5.88 Å². The van der Waals surface area contributed by atoms with Crippen molar-refractivity contribution in [3.8, 4) is 11.6 Å². The summed E-state index contributed by atoms with van der Waals surface area (Å²) in [7, 11) is 0. The molecule has 0 amide bonds. The molecule has 4 heterocycles. The van der Waals surface area contributed by atoms with E-state index in [0.717, 1.165) is 59.4 Å². The molecule has 1 aliphatic carbocycles. The van der Waals surface area contributed by atoms with E-state index in [1.807, 2.05) is 24.5 Å². The first-order chi connectivity index (χ1) is 19.8. The van der Waals surface area contributed by atoms with Crippen LogP contribution in [0.25, 0.3) is 27.8 Å². The van der Waals surface area contributed by atoms with Crippen LogP contribution < -0.4 is 9.64 Å². The number of rotatable bonds is 8. The third-order valence-electron chi connectivity index (χ3n) is 8.72. The Labute approximate surface area is 234 Å². The van der Waals surface area contributed by atoms with Crippen LogP contribution in [0.3, 0.4) is 0 Å². The van der Waals surface area contributed by atoms with Gasteiger partial charge in [-0.3, -0.25) is 4.57 Å². The molecule has 40 heavy (non-hydrogen) atoms. The maximum Gasteiger partial charge on any atom is 0.228 e. The van der Waals surface area contributed by atoms with Crippen LogP contribution >= 0.6 is 0 Å². The van der Waals surface area contributed by atoms with Gasteiger partial charge in [-0.25, -0.2) is 15.0 Å². The van der Waals surface area contributed by atoms with Gasteiger partial charge in [-0.15, -0.1) is 0 Å². The first-order valence-corrected chi connectivity index (χ1v) is 14.6. The Morgan fingerprint density at radius 1 is 0.950 bits per heavy atom. The number of nitrogens with zero attached hydrogens (tertiary/aromatic N) is 6. The van der Waals surface area contributed by atoms with Crippen molar-refractivity contribution in [1.29, 1.82) is 0 Å². The standard InChI is InChI=1S/C32H36N6O2/c39-16-14-23-13-15-36(18-23)29-19-37(31-30(29)32(34-21-33-31)40-20-24-7-3-1-4-8-24)26-11-12-28-27(17-26)35-22-38(28)25-9-5-2-6-10-25/h1,3-4,7-8,11-12,17,19,21-23,25,39H,2,5-6,9-10,13-16,18,20H2. The molecule has 1 atom stereocenters. The second-order valence-electron chi connectivity index (χ2n) is 11.3. The molecule has 206 valence electrons. The average Bonchev–Trinajstić information content (AvgIpc) is 3.74. The zero-order valence-electron chi connectivity index (χ0n) is 22.8. The Balaban J connectivity index is 1.29. The molecule has 8 nitrogen and oxygen atoms in total. The minimum atomic E-state index is 0.225. The molecule has 7 rings (SSSR count). The molecule has 8 heteroatoms. The van der Waals surface area contributed by atoms with E-state index in [0.29, 0.717) is 24.4 Å². The highest BCUT2D eigenvalue weighted by Crippen LogP contribution is 2.39. The number of ether oxygens (including phenoxy) is 1. The van der Waals surface area contributed by atoms with E-state index in [9.17, 15) is 5.11 Å². The second-order valence-corrected chi connectivity index (χ2v) is 11.3. The minimum absolute atomic E-state index is 0.225. The largest absolute Gasteiger partial charge is 0.472 e. The van der Waals surface area contributed by atoms with Crippen LogP contribution in [-0.4, -0.2) is 48.9 Å². The fourth-order valence-corrected chi connectivity index (χ4v) is 6.58. The van der Waals surface area contributed by atoms with Crippen molar-refractivity contribution in [2.75, 3.05) is 24.6 Å². The Morgan fingerprint density at radius 2 is 1.82 bits per heavy atom. The zero-order chi connectivity index (χ0) is 26.9. The molecular weight excluding hydrogens is 500 g/mol. The SMILES string of the molecule is OCCC1CCN(c2cn(-c3ccc4c(c3)ncn4C3CCCCC3)c3ncnc(OCc4ccccc4)c23)C1. The number of aliphatic hydroxyl groups is 1. The van der Waals surface area contributed by atoms with Crippen LogP contribution in [0.15, 0.2) is 67.4 Å². The Bertz CT molecular complexity index is 1600. The van der Waals surface area contributed by atoms with Crippen LogP contribution in [0.1, 0.15) is 56.6 Å². The molecule has 0 bridgehead atoms. The number of fused-ring (bicyclic) bond motifs is 2. The minimum Gasteiger partial charge on any atom is -0.472 e. The first-order valence-electron chi connectivity index (χ1n) is 14.6. The summed E-state index contributed by atoms with van der Waals surface area (Å²) < 4.78 is 10.9. The van der Waals surface area contributed by atoms with Gasteiger partial charge in [-0.1, -0.05) is 49.6 Å². The lowest BCUT2D eigenvalue weighted by atomic mass is 9.95. The van der Waals surface area contributed by atoms with E-state index in [-0.39, 0.29) is 6.61 Å². The smallest absolute Gasteiger partial charge is 0.228 e. The van der Waals surface area contributed by atoms with E-state index in [1.54, 1.807) is 6.33 Å². The third-order valence-corrected chi connectivity index (χ3v) is 8.72. The Kier molecular flexibility index (Phi) is 6.85. The van der Waals surface area contributed by atoms with Gasteiger partial charge in [-0.2, -0.15) is 0 Å². The second kappa shape index (κ2) is 10.9. The van der Waals surface area contributed by atoms with Crippen molar-refractivity contribution < 1.29 is 9.84 Å². The van der Waals surface area contributed by atoms with Gasteiger partial charge in [0.25, 0.3) is 0 Å². The van der Waals surface area contributed by atoms with E-state index in [1.165, 1.54) is 37.6 Å². The molecule has 2 aromatic carbocycles. The van der Waals surface area contributed by atoms with Crippen molar-refractivity contribution >= 4 is 27.8 Å². The van der Waals surface area contributed by atoms with E-state index in [4.69, 9.17) is 14.7 Å². The fraction of sp³-hybridized carbons (Fsp3) is 0.406. The number of aliphatic hydroxyl groups excluding tert-OH is 1. The summed E-state index contributed by atoms with van der Waals surface area (Å²) in [5.74, 6) is 1.07. The Hall–Kier alpha value is -3.91. The summed E-state index contributed by atoms with van der Waals surface area (Å²) in [4.78, 5) is 16.6. The number of aromatic nitrogens is 5. The van der Waals surface area contributed by atoms with Gasteiger partial charge in [0, 0.05) is 37.6 Å². The molecule has 3 aromatic heterocycles. The highest BCUT2D eigenvalue weighted by atomic mass is 16.5. The molecule has 1 aliphatic heterocycles. The number of hydrogen-bond acceptors (Lipinski definition) is 6. The molecule has 1 saturated heterocycles. The molecule has 2 aliphatic rings. The summed E-state index contributed by atoms with van der Waals surface area (Å²) in [6, 6.07) is 17.3. The monoisotopic (exact) mass is 536 g/mol. The summed E-state index contributed by atoms with van der Waals surface area (Å²) >= 11 is 0. The van der Waals surface area contributed by atoms with Crippen molar-refractivity contribution in [3.63, 3.8) is 0 Å². The van der Waals surface area contributed by atoms with Crippen LogP contribution in [0.4, 0.5) is 5.69 Å². The van der Waals surface area contributed by atoms with E-state index >= 15 is 0 Å². The van der Waals surface area contributed by atoms with Gasteiger partial charge in [0.05, 0.1) is 23.0 Å². The maximum atomic E-state index is 9.53. The maximum absolute atomic E-state index is 9.53. The summed E-state index contributed by atoms with van der Waals surface area (Å²) in [5, 5.41) is 10.5. The molecule has 1 unspecified atom stereocenters. The number of imidazole rings is 1. The van der Waals surface area contributed by atoms with Crippen molar-refractivity contribution in [2.24, 2.45) is 5.92 Å². The zero-order valence-corrected chi connectivity index (χ0v) is 22.8. The summed E-state index contributed by atoms with van der Waals surface area (Å²) in [6.07, 6.45) is 14.1. The fourth-order valence-electron chi connectivity index (χ4n) is 6.58. The van der Waals surface area contributed by atoms with Crippen LogP contribution in [0.2, 0.25) is 0 Å². The van der Waals surface area contributed by atoms with Gasteiger partial charge in [-0.05, 0) is 55.4 Å². The number of hydrogen-bond donors (Lipinski definition) is 1. The highest BCUT2D eigenvalue weighted by Gasteiger charge is 2.28. The predicted octanol–water partition coefficient (Wildman–Crippen LogP) is 6.06. The van der Waals surface area contributed by atoms with Crippen molar-refractivity contribution in [2.45, 2.75) is 57.6 Å². The lowest BCUT2D eigenvalue weighted by Crippen LogP contribution is -2.19. The van der Waals surface area contributed by atoms with Gasteiger partial charge < -0.3 is 19.3 Å². The Morgan fingerprint density at radius 3 is 2.67 bits per heavy atom. The van der Waals surface area contributed by atoms with Gasteiger partial charge in [0.1, 0.15) is 18.3 Å². The molecule has 0 radical (unpaired) electrons. The highest BCUT2D eigenvalue weighted by molar-refractivity contribution is 5.96. The summed E-state index contributed by atoms with van der Waals surface area (Å²) in [6.45, 7) is 2.50. The lowest BCUT2D eigenvalue weighted by Gasteiger charge is -2.23. The summed E-state index contributed by atoms with van der Waals surface area (Å²) in [5.41, 5.74) is 6.22. The lowest BCUT2D eigenvalue weighted by molar-refractivity contribution is 0.263. The van der Waals surface area contributed by atoms with Gasteiger partial charge >= 0.3 is 0 Å². The topological polar surface area (TPSA) is 81.2 Å². The normalized spacial score (nSPS) is 18.2. The first kappa shape index (κ1) is 25.1. The van der Waals surface area contributed by atoms with Crippen molar-refractivity contribution in [1.82, 2.24) is 24.1 Å². The van der Waals surface area contributed by atoms with E-state index in [2.05, 4.69) is 55.5 Å². The van der Waals surface area contributed by atoms with Gasteiger partial charge in [0.15, 0.2) is 5.65 Å². The molecule has 1 N–H and O–H groups in total. The predicted molar refractivity (Wildman–Crippen MR) is 157 cm³/mol. The average molecular weight is 537 g/mol. The molecular formula is C32H36N6O2. The molecule has 2 fully saturated rings. The van der Waals surface area contributed by atoms with Crippen molar-refractivity contribution in [3.05, 3.63) is 72.9 Å². The molecule has 5 aromatic rings. The molecule has 1 saturated carbocycles. The third kappa shape index (κ3) is 4.70. The quantitative estimate of drug-likeness (QED) is 0.260. The number of anilines is 1. The van der Waals surface area contributed by atoms with Crippen LogP contribution in [0, 0.1) is 5.92 Å². The van der Waals surface area contributed by atoms with Crippen LogP contribution in [-0.2, 0) is 6.61 Å². The van der Waals surface area contributed by atoms with Gasteiger partial charge in [0.2, 0.25) is 5.88 Å². The number of benzene rings is 2. The molecule has 0 spiro atoms.